The molecule has 0 aliphatic carbocycles. The minimum atomic E-state index is -1.14. The van der Waals surface area contributed by atoms with Crippen molar-refractivity contribution in [2.75, 3.05) is 0 Å². The van der Waals surface area contributed by atoms with Crippen LogP contribution in [-0.4, -0.2) is 22.1 Å². The zero-order valence-corrected chi connectivity index (χ0v) is 10.6. The first-order chi connectivity index (χ1) is 8.21. The first kappa shape index (κ1) is 14.0. The average Bonchev–Trinajstić information content (AvgIpc) is 2.24. The summed E-state index contributed by atoms with van der Waals surface area (Å²) in [4.78, 5) is 26.0. The highest BCUT2D eigenvalue weighted by atomic mass is 16.4. The summed E-state index contributed by atoms with van der Waals surface area (Å²) >= 11 is 0. The van der Waals surface area contributed by atoms with Gasteiger partial charge in [-0.15, -0.1) is 0 Å². The van der Waals surface area contributed by atoms with Gasteiger partial charge in [-0.1, -0.05) is 20.8 Å². The van der Waals surface area contributed by atoms with Gasteiger partial charge in [-0.2, -0.15) is 0 Å². The summed E-state index contributed by atoms with van der Waals surface area (Å²) < 4.78 is 0. The fourth-order valence-corrected chi connectivity index (χ4v) is 1.62. The Bertz CT molecular complexity index is 466. The molecule has 0 saturated carbocycles. The van der Waals surface area contributed by atoms with Crippen LogP contribution < -0.4 is 11.1 Å². The monoisotopic (exact) mass is 251 g/mol. The SMILES string of the molecule is CC(C)(C)C(NC(=O)O)c1cc(C(N)=O)ccn1. The second kappa shape index (κ2) is 5.03. The number of pyridine rings is 1. The highest BCUT2D eigenvalue weighted by Crippen LogP contribution is 2.31. The van der Waals surface area contributed by atoms with Crippen LogP contribution in [0, 0.1) is 5.41 Å². The van der Waals surface area contributed by atoms with Crippen LogP contribution >= 0.6 is 0 Å². The van der Waals surface area contributed by atoms with Crippen LogP contribution in [0.15, 0.2) is 18.3 Å². The van der Waals surface area contributed by atoms with Crippen LogP contribution in [0.5, 0.6) is 0 Å². The van der Waals surface area contributed by atoms with Gasteiger partial charge in [-0.25, -0.2) is 4.79 Å². The molecule has 6 nitrogen and oxygen atoms in total. The van der Waals surface area contributed by atoms with Crippen molar-refractivity contribution in [3.63, 3.8) is 0 Å². The summed E-state index contributed by atoms with van der Waals surface area (Å²) in [5, 5.41) is 11.3. The Hall–Kier alpha value is -2.11. The summed E-state index contributed by atoms with van der Waals surface area (Å²) in [5.41, 5.74) is 5.60. The summed E-state index contributed by atoms with van der Waals surface area (Å²) in [6, 6.07) is 2.48. The summed E-state index contributed by atoms with van der Waals surface area (Å²) in [7, 11) is 0. The maximum atomic E-state index is 11.1. The van der Waals surface area contributed by atoms with Gasteiger partial charge in [0.2, 0.25) is 5.91 Å². The molecule has 98 valence electrons. The van der Waals surface area contributed by atoms with Crippen LogP contribution in [-0.2, 0) is 0 Å². The molecule has 0 spiro atoms. The number of hydrogen-bond donors (Lipinski definition) is 3. The first-order valence-corrected chi connectivity index (χ1v) is 5.47. The first-order valence-electron chi connectivity index (χ1n) is 5.47. The number of aromatic nitrogens is 1. The Morgan fingerprint density at radius 2 is 2.06 bits per heavy atom. The molecule has 1 rings (SSSR count). The zero-order valence-electron chi connectivity index (χ0n) is 10.6. The van der Waals surface area contributed by atoms with Gasteiger partial charge < -0.3 is 16.2 Å². The minimum Gasteiger partial charge on any atom is -0.465 e. The quantitative estimate of drug-likeness (QED) is 0.757. The zero-order chi connectivity index (χ0) is 13.9. The molecule has 1 aromatic heterocycles. The molecule has 1 unspecified atom stereocenters. The van der Waals surface area contributed by atoms with Crippen molar-refractivity contribution >= 4 is 12.0 Å². The second-order valence-corrected chi connectivity index (χ2v) is 5.08. The van der Waals surface area contributed by atoms with E-state index in [9.17, 15) is 9.59 Å². The van der Waals surface area contributed by atoms with Gasteiger partial charge >= 0.3 is 6.09 Å². The number of carbonyl (C=O) groups is 2. The number of hydrogen-bond acceptors (Lipinski definition) is 3. The Morgan fingerprint density at radius 1 is 1.44 bits per heavy atom. The molecular formula is C12H17N3O3. The predicted molar refractivity (Wildman–Crippen MR) is 66.1 cm³/mol. The van der Waals surface area contributed by atoms with E-state index in [-0.39, 0.29) is 5.41 Å². The number of carbonyl (C=O) groups excluding carboxylic acids is 1. The Labute approximate surface area is 105 Å². The lowest BCUT2D eigenvalue weighted by molar-refractivity contribution is 0.1000. The number of nitrogens with two attached hydrogens (primary N) is 1. The van der Waals surface area contributed by atoms with E-state index in [0.29, 0.717) is 11.3 Å². The lowest BCUT2D eigenvalue weighted by atomic mass is 9.84. The third-order valence-corrected chi connectivity index (χ3v) is 2.50. The van der Waals surface area contributed by atoms with E-state index in [1.807, 2.05) is 20.8 Å². The number of nitrogens with one attached hydrogen (secondary N) is 1. The third kappa shape index (κ3) is 3.44. The Balaban J connectivity index is 3.17. The molecule has 0 aromatic carbocycles. The average molecular weight is 251 g/mol. The topological polar surface area (TPSA) is 105 Å². The molecule has 0 fully saturated rings. The van der Waals surface area contributed by atoms with E-state index in [0.717, 1.165) is 0 Å². The van der Waals surface area contributed by atoms with Crippen LogP contribution in [0.4, 0.5) is 4.79 Å². The lowest BCUT2D eigenvalue weighted by Gasteiger charge is -2.30. The van der Waals surface area contributed by atoms with Crippen molar-refractivity contribution in [3.05, 3.63) is 29.6 Å². The van der Waals surface area contributed by atoms with Gasteiger partial charge in [-0.3, -0.25) is 9.78 Å². The highest BCUT2D eigenvalue weighted by Gasteiger charge is 2.29. The molecule has 0 saturated heterocycles. The van der Waals surface area contributed by atoms with E-state index in [4.69, 9.17) is 10.8 Å². The molecule has 18 heavy (non-hydrogen) atoms. The van der Waals surface area contributed by atoms with Crippen molar-refractivity contribution in [1.29, 1.82) is 0 Å². The maximum Gasteiger partial charge on any atom is 0.405 e. The molecule has 4 N–H and O–H groups in total. The van der Waals surface area contributed by atoms with Crippen molar-refractivity contribution in [3.8, 4) is 0 Å². The van der Waals surface area contributed by atoms with Gasteiger partial charge in [-0.05, 0) is 17.5 Å². The summed E-state index contributed by atoms with van der Waals surface area (Å²) in [6.07, 6.45) is 0.304. The van der Waals surface area contributed by atoms with Crippen molar-refractivity contribution < 1.29 is 14.7 Å². The Kier molecular flexibility index (Phi) is 3.90. The molecule has 1 heterocycles. The smallest absolute Gasteiger partial charge is 0.405 e. The standard InChI is InChI=1S/C12H17N3O3/c1-12(2,3)9(15-11(17)18)8-6-7(10(13)16)4-5-14-8/h4-6,9,15H,1-3H3,(H2,13,16)(H,17,18). The Morgan fingerprint density at radius 3 is 2.50 bits per heavy atom. The molecule has 6 heteroatoms. The second-order valence-electron chi connectivity index (χ2n) is 5.08. The molecule has 1 atom stereocenters. The number of amides is 2. The summed E-state index contributed by atoms with van der Waals surface area (Å²) in [5.74, 6) is -0.568. The van der Waals surface area contributed by atoms with Crippen LogP contribution in [0.2, 0.25) is 0 Å². The molecule has 0 bridgehead atoms. The number of rotatable bonds is 3. The largest absolute Gasteiger partial charge is 0.465 e. The van der Waals surface area contributed by atoms with Crippen molar-refractivity contribution in [2.24, 2.45) is 11.1 Å². The normalized spacial score (nSPS) is 12.8. The fraction of sp³-hybridized carbons (Fsp3) is 0.417. The number of nitrogens with zero attached hydrogens (tertiary/aromatic N) is 1. The molecule has 0 aliphatic rings. The van der Waals surface area contributed by atoms with Crippen molar-refractivity contribution in [2.45, 2.75) is 26.8 Å². The summed E-state index contributed by atoms with van der Waals surface area (Å²) in [6.45, 7) is 5.64. The number of carboxylic acid groups (broad SMARTS) is 1. The van der Waals surface area contributed by atoms with Crippen molar-refractivity contribution in [1.82, 2.24) is 10.3 Å². The van der Waals surface area contributed by atoms with Gasteiger partial charge in [0.1, 0.15) is 0 Å². The fourth-order valence-electron chi connectivity index (χ4n) is 1.62. The van der Waals surface area contributed by atoms with E-state index in [2.05, 4.69) is 10.3 Å². The number of primary amides is 1. The molecule has 0 aliphatic heterocycles. The minimum absolute atomic E-state index is 0.307. The van der Waals surface area contributed by atoms with Gasteiger partial charge in [0, 0.05) is 11.8 Å². The van der Waals surface area contributed by atoms with Gasteiger partial charge in [0.25, 0.3) is 0 Å². The van der Waals surface area contributed by atoms with Crippen LogP contribution in [0.3, 0.4) is 0 Å². The van der Waals surface area contributed by atoms with Crippen LogP contribution in [0.25, 0.3) is 0 Å². The maximum absolute atomic E-state index is 11.1. The molecule has 2 amide bonds. The highest BCUT2D eigenvalue weighted by molar-refractivity contribution is 5.92. The molecule has 0 radical (unpaired) electrons. The lowest BCUT2D eigenvalue weighted by Crippen LogP contribution is -2.36. The third-order valence-electron chi connectivity index (χ3n) is 2.50. The predicted octanol–water partition coefficient (Wildman–Crippen LogP) is 1.54. The molecular weight excluding hydrogens is 234 g/mol. The van der Waals surface area contributed by atoms with Crippen LogP contribution in [0.1, 0.15) is 42.9 Å². The van der Waals surface area contributed by atoms with Gasteiger partial charge in [0.05, 0.1) is 11.7 Å². The van der Waals surface area contributed by atoms with Gasteiger partial charge in [0.15, 0.2) is 0 Å². The van der Waals surface area contributed by atoms with E-state index in [1.54, 1.807) is 0 Å². The van der Waals surface area contributed by atoms with E-state index in [1.165, 1.54) is 18.3 Å². The van der Waals surface area contributed by atoms with E-state index >= 15 is 0 Å². The van der Waals surface area contributed by atoms with E-state index < -0.39 is 18.0 Å². The molecule has 1 aromatic rings.